The predicted octanol–water partition coefficient (Wildman–Crippen LogP) is 2.50. The van der Waals surface area contributed by atoms with Crippen LogP contribution in [0, 0.1) is 0 Å². The highest BCUT2D eigenvalue weighted by Gasteiger charge is 2.15. The van der Waals surface area contributed by atoms with Crippen molar-refractivity contribution in [3.8, 4) is 0 Å². The molecule has 2 nitrogen and oxygen atoms in total. The van der Waals surface area contributed by atoms with Crippen LogP contribution < -0.4 is 5.32 Å². The second-order valence-electron chi connectivity index (χ2n) is 4.50. The van der Waals surface area contributed by atoms with Crippen molar-refractivity contribution in [1.29, 1.82) is 0 Å². The molecule has 1 aliphatic heterocycles. The Labute approximate surface area is 102 Å². The van der Waals surface area contributed by atoms with E-state index >= 15 is 0 Å². The number of nitrogens with zero attached hydrogens (tertiary/aromatic N) is 1. The first-order chi connectivity index (χ1) is 7.84. The van der Waals surface area contributed by atoms with Gasteiger partial charge in [0.05, 0.1) is 0 Å². The van der Waals surface area contributed by atoms with Crippen molar-refractivity contribution in [2.45, 2.75) is 37.5 Å². The smallest absolute Gasteiger partial charge is 0.0270 e. The maximum absolute atomic E-state index is 4.04. The summed E-state index contributed by atoms with van der Waals surface area (Å²) < 4.78 is 0. The molecule has 0 aromatic carbocycles. The van der Waals surface area contributed by atoms with Crippen molar-refractivity contribution < 1.29 is 0 Å². The molecule has 0 radical (unpaired) electrons. The molecule has 1 saturated heterocycles. The Balaban J connectivity index is 1.69. The fourth-order valence-corrected chi connectivity index (χ4v) is 3.30. The third-order valence-corrected chi connectivity index (χ3v) is 4.41. The van der Waals surface area contributed by atoms with Crippen LogP contribution in [-0.4, -0.2) is 28.6 Å². The van der Waals surface area contributed by atoms with Gasteiger partial charge in [0.1, 0.15) is 0 Å². The summed E-state index contributed by atoms with van der Waals surface area (Å²) in [5.74, 6) is 1.35. The third-order valence-electron chi connectivity index (χ3n) is 3.01. The lowest BCUT2D eigenvalue weighted by molar-refractivity contribution is 0.535. The average Bonchev–Trinajstić information content (AvgIpc) is 2.81. The van der Waals surface area contributed by atoms with Crippen LogP contribution in [0.15, 0.2) is 24.5 Å². The Morgan fingerprint density at radius 1 is 1.50 bits per heavy atom. The molecule has 0 amide bonds. The zero-order chi connectivity index (χ0) is 11.2. The van der Waals surface area contributed by atoms with Crippen molar-refractivity contribution in [2.75, 3.05) is 12.3 Å². The molecule has 1 N–H and O–H groups in total. The first kappa shape index (κ1) is 11.9. The number of pyridine rings is 1. The SMILES string of the molecule is CC(Cc1ccncc1)NCC1CCCS1. The minimum Gasteiger partial charge on any atom is -0.313 e. The summed E-state index contributed by atoms with van der Waals surface area (Å²) in [6.07, 6.45) is 7.62. The Morgan fingerprint density at radius 2 is 2.31 bits per heavy atom. The number of aromatic nitrogens is 1. The van der Waals surface area contributed by atoms with E-state index in [1.54, 1.807) is 0 Å². The van der Waals surface area contributed by atoms with Gasteiger partial charge >= 0.3 is 0 Å². The van der Waals surface area contributed by atoms with E-state index in [1.807, 2.05) is 12.4 Å². The van der Waals surface area contributed by atoms with Crippen molar-refractivity contribution in [3.05, 3.63) is 30.1 Å². The van der Waals surface area contributed by atoms with Crippen LogP contribution in [0.2, 0.25) is 0 Å². The van der Waals surface area contributed by atoms with E-state index in [4.69, 9.17) is 0 Å². The average molecular weight is 236 g/mol. The number of hydrogen-bond acceptors (Lipinski definition) is 3. The van der Waals surface area contributed by atoms with Crippen molar-refractivity contribution >= 4 is 11.8 Å². The molecule has 1 aromatic rings. The molecule has 88 valence electrons. The van der Waals surface area contributed by atoms with E-state index in [-0.39, 0.29) is 0 Å². The molecule has 1 aliphatic rings. The molecule has 0 saturated carbocycles. The summed E-state index contributed by atoms with van der Waals surface area (Å²) in [5.41, 5.74) is 1.37. The monoisotopic (exact) mass is 236 g/mol. The fourth-order valence-electron chi connectivity index (χ4n) is 2.08. The van der Waals surface area contributed by atoms with Gasteiger partial charge in [-0.1, -0.05) is 0 Å². The van der Waals surface area contributed by atoms with Crippen LogP contribution in [0.4, 0.5) is 0 Å². The van der Waals surface area contributed by atoms with Gasteiger partial charge in [-0.15, -0.1) is 0 Å². The Kier molecular flexibility index (Phi) is 4.67. The molecule has 16 heavy (non-hydrogen) atoms. The molecule has 1 aromatic heterocycles. The highest BCUT2D eigenvalue weighted by molar-refractivity contribution is 8.00. The molecule has 0 spiro atoms. The van der Waals surface area contributed by atoms with E-state index < -0.39 is 0 Å². The first-order valence-corrected chi connectivity index (χ1v) is 7.13. The van der Waals surface area contributed by atoms with Crippen LogP contribution in [-0.2, 0) is 6.42 Å². The van der Waals surface area contributed by atoms with Crippen LogP contribution >= 0.6 is 11.8 Å². The van der Waals surface area contributed by atoms with Crippen LogP contribution in [0.25, 0.3) is 0 Å². The lowest BCUT2D eigenvalue weighted by Gasteiger charge is -2.16. The summed E-state index contributed by atoms with van der Waals surface area (Å²) in [7, 11) is 0. The summed E-state index contributed by atoms with van der Waals surface area (Å²) in [6, 6.07) is 4.76. The minimum atomic E-state index is 0.559. The maximum Gasteiger partial charge on any atom is 0.0270 e. The van der Waals surface area contributed by atoms with E-state index in [0.717, 1.165) is 18.2 Å². The number of rotatable bonds is 5. The molecule has 0 aliphatic carbocycles. The number of thioether (sulfide) groups is 1. The highest BCUT2D eigenvalue weighted by atomic mass is 32.2. The quantitative estimate of drug-likeness (QED) is 0.850. The predicted molar refractivity (Wildman–Crippen MR) is 70.9 cm³/mol. The number of nitrogens with one attached hydrogen (secondary N) is 1. The zero-order valence-corrected chi connectivity index (χ0v) is 10.7. The second-order valence-corrected chi connectivity index (χ2v) is 5.91. The van der Waals surface area contributed by atoms with Crippen LogP contribution in [0.3, 0.4) is 0 Å². The first-order valence-electron chi connectivity index (χ1n) is 6.08. The van der Waals surface area contributed by atoms with Gasteiger partial charge in [-0.3, -0.25) is 4.98 Å². The minimum absolute atomic E-state index is 0.559. The fraction of sp³-hybridized carbons (Fsp3) is 0.615. The van der Waals surface area contributed by atoms with Gasteiger partial charge in [-0.05, 0) is 49.6 Å². The summed E-state index contributed by atoms with van der Waals surface area (Å²) in [6.45, 7) is 3.43. The summed E-state index contributed by atoms with van der Waals surface area (Å²) in [5, 5.41) is 4.48. The normalized spacial score (nSPS) is 22.2. The van der Waals surface area contributed by atoms with Crippen molar-refractivity contribution in [2.24, 2.45) is 0 Å². The molecule has 2 heterocycles. The van der Waals surface area contributed by atoms with Gasteiger partial charge in [-0.2, -0.15) is 11.8 Å². The van der Waals surface area contributed by atoms with Crippen LogP contribution in [0.1, 0.15) is 25.3 Å². The van der Waals surface area contributed by atoms with Crippen LogP contribution in [0.5, 0.6) is 0 Å². The highest BCUT2D eigenvalue weighted by Crippen LogP contribution is 2.25. The Hall–Kier alpha value is -0.540. The summed E-state index contributed by atoms with van der Waals surface area (Å²) >= 11 is 2.12. The van der Waals surface area contributed by atoms with Gasteiger partial charge in [0.2, 0.25) is 0 Å². The summed E-state index contributed by atoms with van der Waals surface area (Å²) in [4.78, 5) is 4.04. The molecule has 0 bridgehead atoms. The number of hydrogen-bond donors (Lipinski definition) is 1. The third kappa shape index (κ3) is 3.80. The molecule has 1 fully saturated rings. The lowest BCUT2D eigenvalue weighted by atomic mass is 10.1. The van der Waals surface area contributed by atoms with Gasteiger partial charge in [0.25, 0.3) is 0 Å². The van der Waals surface area contributed by atoms with Gasteiger partial charge < -0.3 is 5.32 Å². The lowest BCUT2D eigenvalue weighted by Crippen LogP contribution is -2.33. The van der Waals surface area contributed by atoms with Gasteiger partial charge in [-0.25, -0.2) is 0 Å². The van der Waals surface area contributed by atoms with Crippen molar-refractivity contribution in [1.82, 2.24) is 10.3 Å². The van der Waals surface area contributed by atoms with Crippen molar-refractivity contribution in [3.63, 3.8) is 0 Å². The Morgan fingerprint density at radius 3 is 3.00 bits per heavy atom. The molecule has 2 rings (SSSR count). The molecular formula is C13H20N2S. The largest absolute Gasteiger partial charge is 0.313 e. The Bertz CT molecular complexity index is 296. The molecule has 2 unspecified atom stereocenters. The van der Waals surface area contributed by atoms with E-state index in [0.29, 0.717) is 6.04 Å². The zero-order valence-electron chi connectivity index (χ0n) is 9.86. The standard InChI is InChI=1S/C13H20N2S/c1-11(9-12-4-6-14-7-5-12)15-10-13-3-2-8-16-13/h4-7,11,13,15H,2-3,8-10H2,1H3. The molecular weight excluding hydrogens is 216 g/mol. The topological polar surface area (TPSA) is 24.9 Å². The van der Waals surface area contributed by atoms with E-state index in [1.165, 1.54) is 24.2 Å². The van der Waals surface area contributed by atoms with Gasteiger partial charge in [0, 0.05) is 30.2 Å². The second kappa shape index (κ2) is 6.26. The van der Waals surface area contributed by atoms with E-state index in [2.05, 4.69) is 41.1 Å². The maximum atomic E-state index is 4.04. The van der Waals surface area contributed by atoms with E-state index in [9.17, 15) is 0 Å². The molecule has 3 heteroatoms. The molecule has 2 atom stereocenters. The van der Waals surface area contributed by atoms with Gasteiger partial charge in [0.15, 0.2) is 0 Å².